The molecule has 1 aliphatic rings. The molecule has 0 amide bonds. The molecule has 0 atom stereocenters. The van der Waals surface area contributed by atoms with E-state index < -0.39 is 0 Å². The Bertz CT molecular complexity index is 72.5. The molecule has 1 heterocycles. The van der Waals surface area contributed by atoms with Crippen molar-refractivity contribution >= 4 is 15.0 Å². The summed E-state index contributed by atoms with van der Waals surface area (Å²) in [7, 11) is 0.818. The van der Waals surface area contributed by atoms with Gasteiger partial charge in [0.1, 0.15) is 5.86 Å². The molecule has 0 aromatic heterocycles. The van der Waals surface area contributed by atoms with E-state index >= 15 is 0 Å². The minimum absolute atomic E-state index is 0.751. The molecular formula is C5H9O2Si. The van der Waals surface area contributed by atoms with Crippen LogP contribution in [0, 0.1) is 0 Å². The van der Waals surface area contributed by atoms with Crippen molar-refractivity contribution in [2.45, 2.75) is 18.9 Å². The minimum Gasteiger partial charge on any atom is -0.352 e. The van der Waals surface area contributed by atoms with Crippen molar-refractivity contribution in [2.24, 2.45) is 0 Å². The maximum absolute atomic E-state index is 4.73. The molecule has 1 aliphatic heterocycles. The van der Waals surface area contributed by atoms with Crippen molar-refractivity contribution in [3.63, 3.8) is 0 Å². The standard InChI is InChI=1S/C5H9O2Si/c1-2-4-8-5-7-6-3-1/h5H,1-4H2. The summed E-state index contributed by atoms with van der Waals surface area (Å²) in [6.45, 7) is 0.751. The molecule has 0 fully saturated rings. The zero-order chi connectivity index (χ0) is 5.66. The van der Waals surface area contributed by atoms with Crippen LogP contribution in [0.1, 0.15) is 12.8 Å². The summed E-state index contributed by atoms with van der Waals surface area (Å²) in [5.41, 5.74) is 0. The third-order valence-corrected chi connectivity index (χ3v) is 1.90. The van der Waals surface area contributed by atoms with Crippen LogP contribution in [0.25, 0.3) is 0 Å². The fourth-order valence-electron chi connectivity index (χ4n) is 0.563. The van der Waals surface area contributed by atoms with Gasteiger partial charge in [-0.15, -0.1) is 0 Å². The Hall–Kier alpha value is -0.153. The third kappa shape index (κ3) is 2.23. The van der Waals surface area contributed by atoms with Crippen molar-refractivity contribution in [3.05, 3.63) is 0 Å². The molecule has 1 rings (SSSR count). The van der Waals surface area contributed by atoms with E-state index in [4.69, 9.17) is 4.89 Å². The zero-order valence-corrected chi connectivity index (χ0v) is 5.72. The second-order valence-corrected chi connectivity index (χ2v) is 2.84. The molecule has 8 heavy (non-hydrogen) atoms. The summed E-state index contributed by atoms with van der Waals surface area (Å²) in [6.07, 6.45) is 2.42. The number of hydrogen-bond acceptors (Lipinski definition) is 2. The molecular weight excluding hydrogens is 120 g/mol. The quantitative estimate of drug-likeness (QED) is 0.352. The molecule has 0 aromatic carbocycles. The Balaban J connectivity index is 2.17. The van der Waals surface area contributed by atoms with Gasteiger partial charge in [-0.3, -0.25) is 0 Å². The average molecular weight is 129 g/mol. The predicted molar refractivity (Wildman–Crippen MR) is 32.9 cm³/mol. The molecule has 0 N–H and O–H groups in total. The first-order valence-corrected chi connectivity index (χ1v) is 4.12. The largest absolute Gasteiger partial charge is 0.352 e. The van der Waals surface area contributed by atoms with E-state index in [1.807, 2.05) is 0 Å². The molecule has 45 valence electrons. The van der Waals surface area contributed by atoms with E-state index in [9.17, 15) is 0 Å². The third-order valence-electron chi connectivity index (χ3n) is 0.998. The van der Waals surface area contributed by atoms with E-state index in [1.165, 1.54) is 12.5 Å². The molecule has 0 aliphatic carbocycles. The average Bonchev–Trinajstić information content (AvgIpc) is 1.62. The molecule has 0 spiro atoms. The minimum atomic E-state index is 0.751. The lowest BCUT2D eigenvalue weighted by molar-refractivity contribution is -0.215. The van der Waals surface area contributed by atoms with E-state index in [-0.39, 0.29) is 0 Å². The summed E-state index contributed by atoms with van der Waals surface area (Å²) in [5.74, 6) is 1.75. The summed E-state index contributed by atoms with van der Waals surface area (Å²) in [5, 5.41) is 0. The van der Waals surface area contributed by atoms with E-state index in [1.54, 1.807) is 5.86 Å². The highest BCUT2D eigenvalue weighted by molar-refractivity contribution is 6.44. The Labute approximate surface area is 51.2 Å². The van der Waals surface area contributed by atoms with Gasteiger partial charge in [0, 0.05) is 0 Å². The van der Waals surface area contributed by atoms with Crippen molar-refractivity contribution < 1.29 is 9.78 Å². The van der Waals surface area contributed by atoms with Crippen LogP contribution in [-0.2, 0) is 9.78 Å². The van der Waals surface area contributed by atoms with Crippen LogP contribution in [0.15, 0.2) is 0 Å². The van der Waals surface area contributed by atoms with Gasteiger partial charge < -0.3 is 4.89 Å². The van der Waals surface area contributed by atoms with E-state index in [2.05, 4.69) is 4.89 Å². The zero-order valence-electron chi connectivity index (χ0n) is 4.72. The smallest absolute Gasteiger partial charge is 0.100 e. The van der Waals surface area contributed by atoms with Gasteiger partial charge in [-0.25, -0.2) is 0 Å². The van der Waals surface area contributed by atoms with Gasteiger partial charge in [0.05, 0.1) is 15.7 Å². The highest BCUT2D eigenvalue weighted by atomic mass is 28.2. The van der Waals surface area contributed by atoms with Gasteiger partial charge in [0.25, 0.3) is 0 Å². The summed E-state index contributed by atoms with van der Waals surface area (Å²) in [4.78, 5) is 9.39. The lowest BCUT2D eigenvalue weighted by Gasteiger charge is -2.02. The first-order valence-electron chi connectivity index (χ1n) is 2.83. The van der Waals surface area contributed by atoms with Crippen LogP contribution >= 0.6 is 0 Å². The first-order chi connectivity index (χ1) is 4.00. The number of hydrogen-bond donors (Lipinski definition) is 0. The van der Waals surface area contributed by atoms with Crippen LogP contribution in [0.3, 0.4) is 0 Å². The van der Waals surface area contributed by atoms with Gasteiger partial charge in [-0.2, -0.15) is 4.89 Å². The van der Waals surface area contributed by atoms with Crippen LogP contribution in [-0.4, -0.2) is 21.6 Å². The fraction of sp³-hybridized carbons (Fsp3) is 0.800. The lowest BCUT2D eigenvalue weighted by atomic mass is 10.4. The summed E-state index contributed by atoms with van der Waals surface area (Å²) >= 11 is 0. The van der Waals surface area contributed by atoms with Crippen molar-refractivity contribution in [3.8, 4) is 0 Å². The summed E-state index contributed by atoms with van der Waals surface area (Å²) < 4.78 is 0. The van der Waals surface area contributed by atoms with E-state index in [0.29, 0.717) is 0 Å². The SMILES string of the molecule is C1=[Si]CCCCOO1. The molecule has 2 nitrogen and oxygen atoms in total. The Morgan fingerprint density at radius 2 is 2.38 bits per heavy atom. The number of rotatable bonds is 0. The predicted octanol–water partition coefficient (Wildman–Crippen LogP) is 0.611. The second kappa shape index (κ2) is 3.80. The molecule has 1 radical (unpaired) electrons. The molecule has 0 unspecified atom stereocenters. The van der Waals surface area contributed by atoms with Crippen molar-refractivity contribution in [2.75, 3.05) is 6.61 Å². The van der Waals surface area contributed by atoms with Gasteiger partial charge in [-0.05, 0) is 12.5 Å². The van der Waals surface area contributed by atoms with Gasteiger partial charge in [-0.1, -0.05) is 6.42 Å². The van der Waals surface area contributed by atoms with Crippen LogP contribution in [0.5, 0.6) is 0 Å². The van der Waals surface area contributed by atoms with Crippen LogP contribution in [0.2, 0.25) is 6.04 Å². The maximum Gasteiger partial charge on any atom is 0.100 e. The highest BCUT2D eigenvalue weighted by Crippen LogP contribution is 1.95. The molecule has 0 aromatic rings. The topological polar surface area (TPSA) is 18.5 Å². The Kier molecular flexibility index (Phi) is 2.84. The van der Waals surface area contributed by atoms with Gasteiger partial charge in [0.15, 0.2) is 0 Å². The molecule has 3 heteroatoms. The molecule has 0 saturated carbocycles. The second-order valence-electron chi connectivity index (χ2n) is 1.70. The lowest BCUT2D eigenvalue weighted by Crippen LogP contribution is -2.01. The van der Waals surface area contributed by atoms with Crippen molar-refractivity contribution in [1.82, 2.24) is 0 Å². The highest BCUT2D eigenvalue weighted by Gasteiger charge is 1.90. The van der Waals surface area contributed by atoms with Crippen LogP contribution < -0.4 is 0 Å². The Morgan fingerprint density at radius 3 is 3.38 bits per heavy atom. The maximum atomic E-state index is 4.73. The van der Waals surface area contributed by atoms with Gasteiger partial charge >= 0.3 is 0 Å². The van der Waals surface area contributed by atoms with Gasteiger partial charge in [0.2, 0.25) is 0 Å². The fourth-order valence-corrected chi connectivity index (χ4v) is 1.27. The molecule has 0 bridgehead atoms. The Morgan fingerprint density at radius 1 is 1.38 bits per heavy atom. The molecule has 0 saturated heterocycles. The summed E-state index contributed by atoms with van der Waals surface area (Å²) in [6, 6.07) is 1.27. The van der Waals surface area contributed by atoms with Crippen LogP contribution in [0.4, 0.5) is 0 Å². The first kappa shape index (κ1) is 5.97. The normalized spacial score (nSPS) is 21.0. The van der Waals surface area contributed by atoms with E-state index in [0.717, 1.165) is 22.2 Å². The van der Waals surface area contributed by atoms with Crippen molar-refractivity contribution in [1.29, 1.82) is 0 Å². The monoisotopic (exact) mass is 129 g/mol.